The number of ether oxygens (including phenoxy) is 1. The van der Waals surface area contributed by atoms with Crippen molar-refractivity contribution in [3.63, 3.8) is 0 Å². The van der Waals surface area contributed by atoms with E-state index in [2.05, 4.69) is 5.32 Å². The van der Waals surface area contributed by atoms with Gasteiger partial charge in [-0.05, 0) is 89.0 Å². The van der Waals surface area contributed by atoms with Crippen molar-refractivity contribution in [2.45, 2.75) is 69.1 Å². The molecule has 0 fully saturated rings. The SMILES string of the molecule is CN(C)c1cc(NC(=O)CN(C(=O)OCC(C(=O)O)c2cc(C(F)(F)F)cc(C(F)(F)F)c2)C(C)(C)C)c(O)c2c1C[C@H]1C[C@H]3[C@H](N(C)C)C(O)=C(C(N)=O)C(=O)[C@@]3(O)C(O)=C1C2=O. The normalized spacial score (nSPS) is 21.8. The van der Waals surface area contributed by atoms with Gasteiger partial charge in [0.05, 0.1) is 28.4 Å². The third kappa shape index (κ3) is 8.64. The number of anilines is 2. The number of aromatic hydroxyl groups is 1. The van der Waals surface area contributed by atoms with E-state index < -0.39 is 152 Å². The molecule has 8 N–H and O–H groups in total. The van der Waals surface area contributed by atoms with Gasteiger partial charge in [0, 0.05) is 36.8 Å². The number of carbonyl (C=O) groups excluding carboxylic acids is 5. The van der Waals surface area contributed by atoms with Crippen LogP contribution >= 0.6 is 0 Å². The maximum atomic E-state index is 14.4. The number of amides is 3. The number of allylic oxidation sites excluding steroid dienone is 1. The number of nitrogens with two attached hydrogens (primary N) is 1. The lowest BCUT2D eigenvalue weighted by Crippen LogP contribution is -2.63. The number of benzene rings is 2. The second-order valence-corrected chi connectivity index (χ2v) is 17.1. The maximum Gasteiger partial charge on any atom is 0.416 e. The summed E-state index contributed by atoms with van der Waals surface area (Å²) in [5, 5.41) is 58.4. The first-order valence-corrected chi connectivity index (χ1v) is 19.2. The van der Waals surface area contributed by atoms with Gasteiger partial charge < -0.3 is 46.2 Å². The average Bonchev–Trinajstić information content (AvgIpc) is 3.14. The Labute approximate surface area is 360 Å². The number of Topliss-reactive ketones (excluding diaryl/α,β-unsaturated/α-hetero) is 2. The number of hydrogen-bond donors (Lipinski definition) is 7. The van der Waals surface area contributed by atoms with Gasteiger partial charge in [-0.3, -0.25) is 33.8 Å². The Morgan fingerprint density at radius 2 is 1.50 bits per heavy atom. The number of carboxylic acids is 1. The van der Waals surface area contributed by atoms with Crippen LogP contribution in [0.15, 0.2) is 46.9 Å². The number of carboxylic acid groups (broad SMARTS) is 1. The molecule has 2 aromatic carbocycles. The minimum Gasteiger partial charge on any atom is -0.510 e. The van der Waals surface area contributed by atoms with E-state index in [1.807, 2.05) is 0 Å². The van der Waals surface area contributed by atoms with Gasteiger partial charge in [-0.25, -0.2) is 4.79 Å². The zero-order valence-electron chi connectivity index (χ0n) is 35.2. The molecule has 5 rings (SSSR count). The predicted molar refractivity (Wildman–Crippen MR) is 211 cm³/mol. The fourth-order valence-electron chi connectivity index (χ4n) is 8.42. The van der Waals surface area contributed by atoms with Crippen molar-refractivity contribution < 1.29 is 85.4 Å². The lowest BCUT2D eigenvalue weighted by atomic mass is 9.58. The monoisotopic (exact) mass is 913 g/mol. The Morgan fingerprint density at radius 3 is 1.97 bits per heavy atom. The first-order valence-electron chi connectivity index (χ1n) is 19.2. The lowest BCUT2D eigenvalue weighted by Gasteiger charge is -2.50. The summed E-state index contributed by atoms with van der Waals surface area (Å²) in [5.41, 5.74) is -5.36. The molecular formula is C41H45F6N5O12. The summed E-state index contributed by atoms with van der Waals surface area (Å²) < 4.78 is 86.2. The number of nitrogens with zero attached hydrogens (tertiary/aromatic N) is 3. The van der Waals surface area contributed by atoms with Gasteiger partial charge in [-0.15, -0.1) is 0 Å². The number of hydrogen-bond acceptors (Lipinski definition) is 13. The van der Waals surface area contributed by atoms with Crippen LogP contribution in [0.5, 0.6) is 5.75 Å². The van der Waals surface area contributed by atoms with Gasteiger partial charge in [-0.1, -0.05) is 0 Å². The number of fused-ring (bicyclic) bond motifs is 3. The van der Waals surface area contributed by atoms with Crippen LogP contribution in [0, 0.1) is 11.8 Å². The predicted octanol–water partition coefficient (Wildman–Crippen LogP) is 4.27. The van der Waals surface area contributed by atoms with Crippen LogP contribution in [0.3, 0.4) is 0 Å². The number of carbonyl (C=O) groups is 6. The van der Waals surface area contributed by atoms with Crippen LogP contribution in [-0.4, -0.2) is 129 Å². The number of aliphatic carboxylic acids is 1. The third-order valence-corrected chi connectivity index (χ3v) is 11.5. The number of halogens is 6. The molecule has 5 atom stereocenters. The largest absolute Gasteiger partial charge is 0.510 e. The van der Waals surface area contributed by atoms with E-state index in [0.29, 0.717) is 0 Å². The molecule has 0 saturated carbocycles. The van der Waals surface area contributed by atoms with Crippen LogP contribution in [0.2, 0.25) is 0 Å². The Balaban J connectivity index is 1.47. The molecule has 0 bridgehead atoms. The Hall–Kier alpha value is -6.36. The van der Waals surface area contributed by atoms with Crippen molar-refractivity contribution >= 4 is 46.8 Å². The van der Waals surface area contributed by atoms with Crippen molar-refractivity contribution in [1.82, 2.24) is 9.80 Å². The first-order chi connectivity index (χ1) is 29.2. The van der Waals surface area contributed by atoms with Gasteiger partial charge in [0.2, 0.25) is 11.7 Å². The van der Waals surface area contributed by atoms with Crippen molar-refractivity contribution in [2.24, 2.45) is 17.6 Å². The molecule has 0 spiro atoms. The number of likely N-dealkylation sites (N-methyl/N-ethyl adjacent to an activating group) is 1. The minimum atomic E-state index is -5.31. The molecule has 23 heteroatoms. The molecule has 0 aromatic heterocycles. The highest BCUT2D eigenvalue weighted by Gasteiger charge is 2.63. The summed E-state index contributed by atoms with van der Waals surface area (Å²) in [4.78, 5) is 83.3. The van der Waals surface area contributed by atoms with E-state index >= 15 is 0 Å². The van der Waals surface area contributed by atoms with Crippen LogP contribution in [0.25, 0.3) is 0 Å². The number of aliphatic hydroxyl groups is 3. The lowest BCUT2D eigenvalue weighted by molar-refractivity contribution is -0.148. The summed E-state index contributed by atoms with van der Waals surface area (Å²) in [6.45, 7) is 2.00. The number of ketones is 2. The van der Waals surface area contributed by atoms with E-state index in [1.54, 1.807) is 14.1 Å². The molecule has 1 unspecified atom stereocenters. The van der Waals surface area contributed by atoms with Gasteiger partial charge in [-0.2, -0.15) is 26.3 Å². The fourth-order valence-corrected chi connectivity index (χ4v) is 8.42. The van der Waals surface area contributed by atoms with E-state index in [-0.39, 0.29) is 42.3 Å². The zero-order valence-corrected chi connectivity index (χ0v) is 35.2. The van der Waals surface area contributed by atoms with E-state index in [0.717, 1.165) is 4.90 Å². The minimum absolute atomic E-state index is 0.0944. The van der Waals surface area contributed by atoms with Crippen molar-refractivity contribution in [3.8, 4) is 5.75 Å². The molecule has 0 heterocycles. The van der Waals surface area contributed by atoms with Crippen molar-refractivity contribution in [3.05, 3.63) is 74.7 Å². The van der Waals surface area contributed by atoms with Crippen LogP contribution in [0.4, 0.5) is 42.5 Å². The highest BCUT2D eigenvalue weighted by atomic mass is 19.4. The molecule has 3 aliphatic rings. The highest BCUT2D eigenvalue weighted by Crippen LogP contribution is 2.54. The first kappa shape index (κ1) is 48.7. The molecule has 3 aliphatic carbocycles. The zero-order chi connectivity index (χ0) is 48.5. The number of primary amides is 1. The molecule has 3 amide bonds. The second-order valence-electron chi connectivity index (χ2n) is 17.1. The van der Waals surface area contributed by atoms with Crippen molar-refractivity contribution in [1.29, 1.82) is 0 Å². The molecule has 64 heavy (non-hydrogen) atoms. The summed E-state index contributed by atoms with van der Waals surface area (Å²) in [6, 6.07) is 0.214. The van der Waals surface area contributed by atoms with Crippen LogP contribution < -0.4 is 16.0 Å². The number of alkyl halides is 6. The quantitative estimate of drug-likeness (QED) is 0.0999. The summed E-state index contributed by atoms with van der Waals surface area (Å²) in [7, 11) is 6.08. The highest BCUT2D eigenvalue weighted by molar-refractivity contribution is 6.25. The Morgan fingerprint density at radius 1 is 0.938 bits per heavy atom. The second kappa shape index (κ2) is 16.6. The standard InChI is InChI=1S/C41H45F6N5O12/c1-38(2,3)52(37(62)64-15-21(36(60)61)16-8-18(40(42,43)44)12-19(9-16)41(45,46)47)14-25(53)49-23-13-24(50(4)5)20-10-17-11-22-29(51(6)7)32(56)28(35(48)59)34(58)39(22,63)33(57)26(17)31(55)27(20)30(23)54/h8-9,12-13,17,21-22,29,54,56-57,63H,10-11,14-15H2,1-7H3,(H2,48,59)(H,49,53)(H,60,61)/t17-,21?,22-,29-,39-/m0/s1. The van der Waals surface area contributed by atoms with E-state index in [4.69, 9.17) is 10.5 Å². The van der Waals surface area contributed by atoms with Gasteiger partial charge >= 0.3 is 24.4 Å². The number of phenols is 1. The Kier molecular flexibility index (Phi) is 12.7. The van der Waals surface area contributed by atoms with E-state index in [9.17, 15) is 80.6 Å². The van der Waals surface area contributed by atoms with Gasteiger partial charge in [0.15, 0.2) is 17.1 Å². The smallest absolute Gasteiger partial charge is 0.416 e. The molecular weight excluding hydrogens is 868 g/mol. The molecule has 0 radical (unpaired) electrons. The summed E-state index contributed by atoms with van der Waals surface area (Å²) in [5.74, 6) is -14.1. The number of aliphatic hydroxyl groups excluding tert-OH is 2. The number of rotatable bonds is 10. The molecule has 0 aliphatic heterocycles. The van der Waals surface area contributed by atoms with Crippen LogP contribution in [-0.2, 0) is 42.7 Å². The fraction of sp³-hybridized carbons (Fsp3) is 0.463. The number of phenolic OH excluding ortho intramolecular Hbond substituents is 1. The summed E-state index contributed by atoms with van der Waals surface area (Å²) in [6.07, 6.45) is -12.3. The molecule has 0 saturated heterocycles. The number of nitrogens with one attached hydrogen (secondary N) is 1. The molecule has 2 aromatic rings. The Bertz CT molecular complexity index is 2370. The summed E-state index contributed by atoms with van der Waals surface area (Å²) >= 11 is 0. The van der Waals surface area contributed by atoms with Crippen molar-refractivity contribution in [2.75, 3.05) is 51.6 Å². The van der Waals surface area contributed by atoms with Gasteiger partial charge in [0.1, 0.15) is 36.2 Å². The van der Waals surface area contributed by atoms with Gasteiger partial charge in [0.25, 0.3) is 5.91 Å². The average molecular weight is 914 g/mol. The van der Waals surface area contributed by atoms with E-state index in [1.165, 1.54) is 50.7 Å². The molecule has 348 valence electrons. The molecule has 17 nitrogen and oxygen atoms in total. The maximum absolute atomic E-state index is 14.4. The topological polar surface area (TPSA) is 261 Å². The third-order valence-electron chi connectivity index (χ3n) is 11.5. The van der Waals surface area contributed by atoms with Crippen LogP contribution in [0.1, 0.15) is 65.7 Å².